The van der Waals surface area contributed by atoms with Crippen molar-refractivity contribution in [2.45, 2.75) is 37.1 Å². The number of carbonyl (C=O) groups is 1. The molecule has 1 heterocycles. The zero-order valence-corrected chi connectivity index (χ0v) is 17.4. The van der Waals surface area contributed by atoms with Gasteiger partial charge in [-0.2, -0.15) is 18.4 Å². The van der Waals surface area contributed by atoms with Crippen molar-refractivity contribution in [1.29, 1.82) is 5.26 Å². The number of nitriles is 1. The lowest BCUT2D eigenvalue weighted by molar-refractivity contribution is -0.207. The number of hydrogen-bond acceptors (Lipinski definition) is 4. The second-order valence-corrected chi connectivity index (χ2v) is 8.07. The van der Waals surface area contributed by atoms with Crippen molar-refractivity contribution in [2.24, 2.45) is 0 Å². The minimum absolute atomic E-state index is 0.216. The second kappa shape index (κ2) is 8.68. The van der Waals surface area contributed by atoms with Crippen LogP contribution in [0.3, 0.4) is 0 Å². The van der Waals surface area contributed by atoms with E-state index in [2.05, 4.69) is 10.3 Å². The summed E-state index contributed by atoms with van der Waals surface area (Å²) >= 11 is 0. The van der Waals surface area contributed by atoms with E-state index in [0.29, 0.717) is 16.7 Å². The first-order valence-corrected chi connectivity index (χ1v) is 10.4. The number of nitrogens with one attached hydrogen (secondary N) is 1. The van der Waals surface area contributed by atoms with Crippen molar-refractivity contribution in [2.75, 3.05) is 0 Å². The molecule has 1 amide bonds. The third-order valence-corrected chi connectivity index (χ3v) is 5.98. The molecule has 0 bridgehead atoms. The van der Waals surface area contributed by atoms with Gasteiger partial charge in [0.1, 0.15) is 0 Å². The van der Waals surface area contributed by atoms with Gasteiger partial charge in [-0.05, 0) is 60.7 Å². The highest BCUT2D eigenvalue weighted by Gasteiger charge is 2.41. The minimum atomic E-state index is -4.77. The first-order chi connectivity index (χ1) is 15.7. The summed E-state index contributed by atoms with van der Waals surface area (Å²) in [7, 11) is 0. The van der Waals surface area contributed by atoms with Crippen molar-refractivity contribution >= 4 is 5.91 Å². The number of nitrogens with zero attached hydrogens (tertiary/aromatic N) is 2. The Hall–Kier alpha value is -3.70. The summed E-state index contributed by atoms with van der Waals surface area (Å²) < 4.78 is 38.0. The summed E-state index contributed by atoms with van der Waals surface area (Å²) in [6.07, 6.45) is -3.53. The number of hydrogen-bond donors (Lipinski definition) is 2. The van der Waals surface area contributed by atoms with Crippen LogP contribution in [0.4, 0.5) is 13.2 Å². The number of benzene rings is 2. The van der Waals surface area contributed by atoms with Crippen molar-refractivity contribution in [3.8, 4) is 17.2 Å². The molecule has 1 atom stereocenters. The SMILES string of the molecule is N#Cc1ccc(C(=O)NC2(c3ccc(-c4ccc(C(O)C(F)(F)F)nc4)cc3)CCC2)cc1. The van der Waals surface area contributed by atoms with Crippen LogP contribution in [0.2, 0.25) is 0 Å². The number of aromatic nitrogens is 1. The largest absolute Gasteiger partial charge is 0.420 e. The predicted molar refractivity (Wildman–Crippen MR) is 115 cm³/mol. The summed E-state index contributed by atoms with van der Waals surface area (Å²) in [5.74, 6) is -0.216. The van der Waals surface area contributed by atoms with Gasteiger partial charge in [0.05, 0.1) is 22.9 Å². The van der Waals surface area contributed by atoms with E-state index in [9.17, 15) is 23.1 Å². The van der Waals surface area contributed by atoms with E-state index < -0.39 is 23.5 Å². The zero-order chi connectivity index (χ0) is 23.6. The Kier molecular flexibility index (Phi) is 5.91. The normalized spacial score (nSPS) is 15.7. The highest BCUT2D eigenvalue weighted by Crippen LogP contribution is 2.42. The smallest absolute Gasteiger partial charge is 0.378 e. The molecule has 3 aromatic rings. The second-order valence-electron chi connectivity index (χ2n) is 8.07. The van der Waals surface area contributed by atoms with E-state index in [1.807, 2.05) is 30.3 Å². The maximum absolute atomic E-state index is 12.8. The maximum Gasteiger partial charge on any atom is 0.420 e. The van der Waals surface area contributed by atoms with Gasteiger partial charge in [-0.15, -0.1) is 0 Å². The fourth-order valence-corrected chi connectivity index (χ4v) is 3.89. The first-order valence-electron chi connectivity index (χ1n) is 10.4. The van der Waals surface area contributed by atoms with Crippen LogP contribution < -0.4 is 5.32 Å². The topological polar surface area (TPSA) is 86.0 Å². The summed E-state index contributed by atoms with van der Waals surface area (Å²) in [6.45, 7) is 0. The Morgan fingerprint density at radius 1 is 1.03 bits per heavy atom. The van der Waals surface area contributed by atoms with Gasteiger partial charge in [-0.1, -0.05) is 30.3 Å². The molecule has 168 valence electrons. The first kappa shape index (κ1) is 22.5. The van der Waals surface area contributed by atoms with E-state index in [1.54, 1.807) is 24.3 Å². The van der Waals surface area contributed by atoms with Crippen molar-refractivity contribution in [3.05, 3.63) is 89.2 Å². The molecule has 4 rings (SSSR count). The molecule has 1 saturated carbocycles. The van der Waals surface area contributed by atoms with Gasteiger partial charge >= 0.3 is 6.18 Å². The van der Waals surface area contributed by atoms with Gasteiger partial charge in [0.15, 0.2) is 6.10 Å². The van der Waals surface area contributed by atoms with Crippen molar-refractivity contribution in [1.82, 2.24) is 10.3 Å². The van der Waals surface area contributed by atoms with Crippen LogP contribution in [0.5, 0.6) is 0 Å². The molecule has 0 saturated heterocycles. The number of alkyl halides is 3. The summed E-state index contributed by atoms with van der Waals surface area (Å²) in [4.78, 5) is 16.5. The number of aliphatic hydroxyl groups is 1. The van der Waals surface area contributed by atoms with Gasteiger partial charge in [0.25, 0.3) is 5.91 Å². The fourth-order valence-electron chi connectivity index (χ4n) is 3.89. The minimum Gasteiger partial charge on any atom is -0.378 e. The Morgan fingerprint density at radius 3 is 2.15 bits per heavy atom. The molecular formula is C25H20F3N3O2. The molecule has 8 heteroatoms. The van der Waals surface area contributed by atoms with Gasteiger partial charge in [-0.25, -0.2) is 0 Å². The van der Waals surface area contributed by atoms with E-state index >= 15 is 0 Å². The Bertz CT molecular complexity index is 1180. The molecule has 1 fully saturated rings. The van der Waals surface area contributed by atoms with Crippen LogP contribution in [0.25, 0.3) is 11.1 Å². The molecule has 0 spiro atoms. The molecule has 5 nitrogen and oxygen atoms in total. The molecule has 0 radical (unpaired) electrons. The summed E-state index contributed by atoms with van der Waals surface area (Å²) in [5, 5.41) is 21.4. The molecule has 0 aliphatic heterocycles. The Morgan fingerprint density at radius 2 is 1.67 bits per heavy atom. The average molecular weight is 451 g/mol. The third-order valence-electron chi connectivity index (χ3n) is 5.98. The Balaban J connectivity index is 1.50. The molecule has 1 aliphatic carbocycles. The number of amides is 1. The monoisotopic (exact) mass is 451 g/mol. The quantitative estimate of drug-likeness (QED) is 0.570. The van der Waals surface area contributed by atoms with E-state index in [-0.39, 0.29) is 5.91 Å². The van der Waals surface area contributed by atoms with Crippen LogP contribution in [-0.4, -0.2) is 22.2 Å². The zero-order valence-electron chi connectivity index (χ0n) is 17.4. The summed E-state index contributed by atoms with van der Waals surface area (Å²) in [6, 6.07) is 18.6. The number of rotatable bonds is 5. The molecular weight excluding hydrogens is 431 g/mol. The van der Waals surface area contributed by atoms with E-state index in [0.717, 1.165) is 36.5 Å². The third kappa shape index (κ3) is 4.59. The number of aliphatic hydroxyl groups excluding tert-OH is 1. The Labute approximate surface area is 188 Å². The lowest BCUT2D eigenvalue weighted by Crippen LogP contribution is -2.50. The molecule has 33 heavy (non-hydrogen) atoms. The van der Waals surface area contributed by atoms with Gasteiger partial charge in [0, 0.05) is 17.3 Å². The molecule has 1 aliphatic rings. The van der Waals surface area contributed by atoms with Crippen LogP contribution >= 0.6 is 0 Å². The fraction of sp³-hybridized carbons (Fsp3) is 0.240. The number of halogens is 3. The van der Waals surface area contributed by atoms with Gasteiger partial charge in [-0.3, -0.25) is 9.78 Å². The lowest BCUT2D eigenvalue weighted by atomic mass is 9.71. The van der Waals surface area contributed by atoms with Crippen LogP contribution in [0, 0.1) is 11.3 Å². The highest BCUT2D eigenvalue weighted by atomic mass is 19.4. The van der Waals surface area contributed by atoms with Crippen molar-refractivity contribution in [3.63, 3.8) is 0 Å². The van der Waals surface area contributed by atoms with Gasteiger partial charge < -0.3 is 10.4 Å². The molecule has 2 N–H and O–H groups in total. The summed E-state index contributed by atoms with van der Waals surface area (Å²) in [5.41, 5.74) is 2.33. The molecule has 2 aromatic carbocycles. The predicted octanol–water partition coefficient (Wildman–Crippen LogP) is 5.03. The van der Waals surface area contributed by atoms with Crippen LogP contribution in [0.1, 0.15) is 52.5 Å². The van der Waals surface area contributed by atoms with E-state index in [4.69, 9.17) is 5.26 Å². The highest BCUT2D eigenvalue weighted by molar-refractivity contribution is 5.95. The van der Waals surface area contributed by atoms with Crippen LogP contribution in [0.15, 0.2) is 66.9 Å². The number of carbonyl (C=O) groups excluding carboxylic acids is 1. The molecule has 1 aromatic heterocycles. The molecule has 1 unspecified atom stereocenters. The van der Waals surface area contributed by atoms with E-state index in [1.165, 1.54) is 12.3 Å². The lowest BCUT2D eigenvalue weighted by Gasteiger charge is -2.43. The maximum atomic E-state index is 12.8. The van der Waals surface area contributed by atoms with Crippen LogP contribution in [-0.2, 0) is 5.54 Å². The number of pyridine rings is 1. The average Bonchev–Trinajstić information content (AvgIpc) is 2.80. The van der Waals surface area contributed by atoms with Crippen molar-refractivity contribution < 1.29 is 23.1 Å². The van der Waals surface area contributed by atoms with Gasteiger partial charge in [0.2, 0.25) is 0 Å². The standard InChI is InChI=1S/C25H20F3N3O2/c26-25(27,28)22(32)21-11-8-19(15-30-21)17-6-9-20(10-7-17)24(12-1-13-24)31-23(33)18-4-2-16(14-29)3-5-18/h2-11,15,22,32H,1,12-13H2,(H,31,33).